The van der Waals surface area contributed by atoms with Gasteiger partial charge in [0.2, 0.25) is 5.28 Å². The van der Waals surface area contributed by atoms with Crippen molar-refractivity contribution >= 4 is 28.6 Å². The van der Waals surface area contributed by atoms with E-state index in [1.807, 2.05) is 6.07 Å². The van der Waals surface area contributed by atoms with Gasteiger partial charge in [-0.15, -0.1) is 5.10 Å². The van der Waals surface area contributed by atoms with Crippen LogP contribution in [0, 0.1) is 0 Å². The minimum absolute atomic E-state index is 0.0434. The maximum atomic E-state index is 12.4. The van der Waals surface area contributed by atoms with Gasteiger partial charge in [0.25, 0.3) is 0 Å². The Morgan fingerprint density at radius 1 is 1.40 bits per heavy atom. The molecule has 0 aliphatic carbocycles. The van der Waals surface area contributed by atoms with Crippen LogP contribution >= 0.6 is 11.6 Å². The van der Waals surface area contributed by atoms with Gasteiger partial charge in [-0.3, -0.25) is 0 Å². The SMILES string of the molecule is FCCn1nnc2c(NCc3ccco3)nc(Cl)nc21. The lowest BCUT2D eigenvalue weighted by atomic mass is 10.4. The average molecular weight is 297 g/mol. The molecule has 0 aliphatic rings. The Morgan fingerprint density at radius 3 is 3.05 bits per heavy atom. The number of halogens is 2. The number of nitrogens with zero attached hydrogens (tertiary/aromatic N) is 5. The highest BCUT2D eigenvalue weighted by Gasteiger charge is 2.14. The first-order valence-corrected chi connectivity index (χ1v) is 6.24. The van der Waals surface area contributed by atoms with Gasteiger partial charge in [-0.2, -0.15) is 9.97 Å². The third-order valence-corrected chi connectivity index (χ3v) is 2.81. The van der Waals surface area contributed by atoms with Crippen molar-refractivity contribution in [2.45, 2.75) is 13.1 Å². The standard InChI is InChI=1S/C11H10ClFN6O/c12-11-15-9(14-6-7-2-1-5-20-7)8-10(16-11)19(4-3-13)18-17-8/h1-2,5H,3-4,6H2,(H,14,15,16). The molecular weight excluding hydrogens is 287 g/mol. The van der Waals surface area contributed by atoms with Gasteiger partial charge in [-0.05, 0) is 23.7 Å². The highest BCUT2D eigenvalue weighted by molar-refractivity contribution is 6.28. The zero-order chi connectivity index (χ0) is 13.9. The van der Waals surface area contributed by atoms with Crippen LogP contribution in [0.4, 0.5) is 10.2 Å². The average Bonchev–Trinajstić information content (AvgIpc) is 3.07. The second-order valence-corrected chi connectivity index (χ2v) is 4.29. The molecule has 9 heteroatoms. The maximum absolute atomic E-state index is 12.4. The first-order valence-electron chi connectivity index (χ1n) is 5.87. The molecule has 1 N–H and O–H groups in total. The van der Waals surface area contributed by atoms with Crippen molar-refractivity contribution in [2.75, 3.05) is 12.0 Å². The molecule has 0 radical (unpaired) electrons. The summed E-state index contributed by atoms with van der Waals surface area (Å²) in [6.07, 6.45) is 1.58. The monoisotopic (exact) mass is 296 g/mol. The summed E-state index contributed by atoms with van der Waals surface area (Å²) in [5, 5.41) is 10.9. The minimum Gasteiger partial charge on any atom is -0.467 e. The molecular formula is C11H10ClFN6O. The molecule has 0 atom stereocenters. The van der Waals surface area contributed by atoms with Gasteiger partial charge in [0.15, 0.2) is 17.0 Å². The topological polar surface area (TPSA) is 81.7 Å². The van der Waals surface area contributed by atoms with Crippen molar-refractivity contribution in [1.82, 2.24) is 25.0 Å². The lowest BCUT2D eigenvalue weighted by Gasteiger charge is -2.04. The normalized spacial score (nSPS) is 11.1. The van der Waals surface area contributed by atoms with Gasteiger partial charge < -0.3 is 9.73 Å². The molecule has 20 heavy (non-hydrogen) atoms. The fourth-order valence-corrected chi connectivity index (χ4v) is 1.93. The number of hydrogen-bond donors (Lipinski definition) is 1. The van der Waals surface area contributed by atoms with Crippen LogP contribution in [0.5, 0.6) is 0 Å². The molecule has 0 bridgehead atoms. The van der Waals surface area contributed by atoms with E-state index in [0.717, 1.165) is 5.76 Å². The molecule has 0 amide bonds. The zero-order valence-electron chi connectivity index (χ0n) is 10.3. The summed E-state index contributed by atoms with van der Waals surface area (Å²) in [7, 11) is 0. The minimum atomic E-state index is -0.560. The number of anilines is 1. The number of rotatable bonds is 5. The summed E-state index contributed by atoms with van der Waals surface area (Å²) < 4.78 is 19.0. The number of fused-ring (bicyclic) bond motifs is 1. The van der Waals surface area contributed by atoms with E-state index < -0.39 is 6.67 Å². The van der Waals surface area contributed by atoms with E-state index in [1.165, 1.54) is 4.68 Å². The fraction of sp³-hybridized carbons (Fsp3) is 0.273. The molecule has 0 unspecified atom stereocenters. The molecule has 3 aromatic rings. The highest BCUT2D eigenvalue weighted by atomic mass is 35.5. The molecule has 0 saturated heterocycles. The number of alkyl halides is 1. The molecule has 0 aliphatic heterocycles. The molecule has 7 nitrogen and oxygen atoms in total. The highest BCUT2D eigenvalue weighted by Crippen LogP contribution is 2.20. The predicted molar refractivity (Wildman–Crippen MR) is 70.1 cm³/mol. The lowest BCUT2D eigenvalue weighted by Crippen LogP contribution is -2.05. The summed E-state index contributed by atoms with van der Waals surface area (Å²) >= 11 is 5.87. The van der Waals surface area contributed by atoms with Gasteiger partial charge >= 0.3 is 0 Å². The van der Waals surface area contributed by atoms with Gasteiger partial charge in [-0.25, -0.2) is 9.07 Å². The molecule has 3 heterocycles. The second kappa shape index (κ2) is 5.41. The summed E-state index contributed by atoms with van der Waals surface area (Å²) in [5.74, 6) is 1.17. The first-order chi connectivity index (χ1) is 9.78. The van der Waals surface area contributed by atoms with E-state index in [4.69, 9.17) is 16.0 Å². The van der Waals surface area contributed by atoms with E-state index in [1.54, 1.807) is 12.3 Å². The second-order valence-electron chi connectivity index (χ2n) is 3.95. The first kappa shape index (κ1) is 12.8. The van der Waals surface area contributed by atoms with E-state index in [9.17, 15) is 4.39 Å². The summed E-state index contributed by atoms with van der Waals surface area (Å²) in [6, 6.07) is 3.62. The number of hydrogen-bond acceptors (Lipinski definition) is 6. The maximum Gasteiger partial charge on any atom is 0.226 e. The van der Waals surface area contributed by atoms with Crippen molar-refractivity contribution in [3.05, 3.63) is 29.4 Å². The van der Waals surface area contributed by atoms with E-state index in [-0.39, 0.29) is 11.8 Å². The van der Waals surface area contributed by atoms with E-state index in [0.29, 0.717) is 23.5 Å². The van der Waals surface area contributed by atoms with Gasteiger partial charge in [0.1, 0.15) is 12.4 Å². The largest absolute Gasteiger partial charge is 0.467 e. The molecule has 0 saturated carbocycles. The molecule has 0 spiro atoms. The van der Waals surface area contributed by atoms with E-state index >= 15 is 0 Å². The van der Waals surface area contributed by atoms with Crippen LogP contribution in [-0.4, -0.2) is 31.6 Å². The van der Waals surface area contributed by atoms with Crippen molar-refractivity contribution < 1.29 is 8.81 Å². The summed E-state index contributed by atoms with van der Waals surface area (Å²) in [4.78, 5) is 8.09. The molecule has 104 valence electrons. The smallest absolute Gasteiger partial charge is 0.226 e. The van der Waals surface area contributed by atoms with Crippen LogP contribution in [0.15, 0.2) is 22.8 Å². The van der Waals surface area contributed by atoms with Crippen molar-refractivity contribution in [3.63, 3.8) is 0 Å². The van der Waals surface area contributed by atoms with E-state index in [2.05, 4.69) is 25.6 Å². The Morgan fingerprint density at radius 2 is 2.30 bits per heavy atom. The van der Waals surface area contributed by atoms with Crippen LogP contribution in [0.2, 0.25) is 5.28 Å². The van der Waals surface area contributed by atoms with Gasteiger partial charge in [0, 0.05) is 0 Å². The Kier molecular flexibility index (Phi) is 3.46. The third kappa shape index (κ3) is 2.42. The Balaban J connectivity index is 1.93. The number of aryl methyl sites for hydroxylation is 1. The van der Waals surface area contributed by atoms with Crippen LogP contribution < -0.4 is 5.32 Å². The fourth-order valence-electron chi connectivity index (χ4n) is 1.77. The zero-order valence-corrected chi connectivity index (χ0v) is 11.0. The molecule has 3 rings (SSSR count). The number of furan rings is 1. The Bertz CT molecular complexity index is 713. The summed E-state index contributed by atoms with van der Waals surface area (Å²) in [6.45, 7) is -0.0673. The van der Waals surface area contributed by atoms with Crippen LogP contribution in [0.1, 0.15) is 5.76 Å². The Hall–Kier alpha value is -2.22. The van der Waals surface area contributed by atoms with Gasteiger partial charge in [-0.1, -0.05) is 5.21 Å². The van der Waals surface area contributed by atoms with Crippen LogP contribution in [0.3, 0.4) is 0 Å². The summed E-state index contributed by atoms with van der Waals surface area (Å²) in [5.41, 5.74) is 0.832. The molecule has 0 aromatic carbocycles. The Labute approximate surface area is 117 Å². The quantitative estimate of drug-likeness (QED) is 0.726. The van der Waals surface area contributed by atoms with Crippen molar-refractivity contribution in [1.29, 1.82) is 0 Å². The lowest BCUT2D eigenvalue weighted by molar-refractivity contribution is 0.426. The predicted octanol–water partition coefficient (Wildman–Crippen LogP) is 2.05. The molecule has 3 aromatic heterocycles. The third-order valence-electron chi connectivity index (χ3n) is 2.64. The number of nitrogens with one attached hydrogen (secondary N) is 1. The molecule has 0 fully saturated rings. The van der Waals surface area contributed by atoms with Crippen LogP contribution in [-0.2, 0) is 13.1 Å². The van der Waals surface area contributed by atoms with Crippen LogP contribution in [0.25, 0.3) is 11.2 Å². The van der Waals surface area contributed by atoms with Crippen molar-refractivity contribution in [2.24, 2.45) is 0 Å². The van der Waals surface area contributed by atoms with Gasteiger partial charge in [0.05, 0.1) is 19.4 Å². The number of aromatic nitrogens is 5. The van der Waals surface area contributed by atoms with Crippen molar-refractivity contribution in [3.8, 4) is 0 Å².